The SMILES string of the molecule is CN(C)C(=O)CCNC(=O)Nc1cc(F)ccc1C(=O)O. The Labute approximate surface area is 120 Å². The molecule has 0 aromatic heterocycles. The van der Waals surface area contributed by atoms with Crippen LogP contribution in [0.5, 0.6) is 0 Å². The van der Waals surface area contributed by atoms with Gasteiger partial charge in [-0.05, 0) is 18.2 Å². The van der Waals surface area contributed by atoms with Gasteiger partial charge in [-0.15, -0.1) is 0 Å². The number of carbonyl (C=O) groups is 3. The maximum absolute atomic E-state index is 13.1. The highest BCUT2D eigenvalue weighted by atomic mass is 19.1. The van der Waals surface area contributed by atoms with Gasteiger partial charge in [-0.1, -0.05) is 0 Å². The fourth-order valence-electron chi connectivity index (χ4n) is 1.48. The van der Waals surface area contributed by atoms with Gasteiger partial charge in [0.25, 0.3) is 0 Å². The normalized spacial score (nSPS) is 9.86. The van der Waals surface area contributed by atoms with E-state index in [1.54, 1.807) is 14.1 Å². The molecule has 0 aliphatic rings. The van der Waals surface area contributed by atoms with Gasteiger partial charge in [0.2, 0.25) is 5.91 Å². The first kappa shape index (κ1) is 16.4. The van der Waals surface area contributed by atoms with Gasteiger partial charge < -0.3 is 20.6 Å². The highest BCUT2D eigenvalue weighted by molar-refractivity contribution is 6.00. The Bertz CT molecular complexity index is 560. The molecule has 1 aromatic carbocycles. The van der Waals surface area contributed by atoms with Crippen LogP contribution in [0.3, 0.4) is 0 Å². The summed E-state index contributed by atoms with van der Waals surface area (Å²) in [5.74, 6) is -2.11. The quantitative estimate of drug-likeness (QED) is 0.758. The molecule has 8 heteroatoms. The molecule has 3 amide bonds. The van der Waals surface area contributed by atoms with Crippen molar-refractivity contribution < 1.29 is 23.9 Å². The summed E-state index contributed by atoms with van der Waals surface area (Å²) in [5.41, 5.74) is -0.380. The molecule has 114 valence electrons. The first-order valence-electron chi connectivity index (χ1n) is 6.09. The van der Waals surface area contributed by atoms with Crippen molar-refractivity contribution in [3.8, 4) is 0 Å². The summed E-state index contributed by atoms with van der Waals surface area (Å²) >= 11 is 0. The molecule has 0 aliphatic carbocycles. The van der Waals surface area contributed by atoms with Crippen LogP contribution in [0.4, 0.5) is 14.9 Å². The third-order valence-corrected chi connectivity index (χ3v) is 2.58. The van der Waals surface area contributed by atoms with Crippen molar-refractivity contribution in [3.63, 3.8) is 0 Å². The summed E-state index contributed by atoms with van der Waals surface area (Å²) in [6.07, 6.45) is 0.107. The third kappa shape index (κ3) is 5.09. The number of carboxylic acids is 1. The number of anilines is 1. The van der Waals surface area contributed by atoms with Gasteiger partial charge in [0.15, 0.2) is 0 Å². The van der Waals surface area contributed by atoms with E-state index in [-0.39, 0.29) is 30.1 Å². The fourth-order valence-corrected chi connectivity index (χ4v) is 1.48. The summed E-state index contributed by atoms with van der Waals surface area (Å²) in [5, 5.41) is 13.6. The van der Waals surface area contributed by atoms with E-state index in [1.807, 2.05) is 0 Å². The predicted octanol–water partition coefficient (Wildman–Crippen LogP) is 1.12. The van der Waals surface area contributed by atoms with Gasteiger partial charge in [-0.25, -0.2) is 14.0 Å². The Hall–Kier alpha value is -2.64. The Morgan fingerprint density at radius 2 is 1.95 bits per heavy atom. The lowest BCUT2D eigenvalue weighted by molar-refractivity contribution is -0.128. The number of rotatable bonds is 5. The second-order valence-corrected chi connectivity index (χ2v) is 4.41. The molecule has 7 nitrogen and oxygen atoms in total. The number of amides is 3. The Kier molecular flexibility index (Phi) is 5.65. The topological polar surface area (TPSA) is 98.7 Å². The van der Waals surface area contributed by atoms with Crippen LogP contribution in [0.25, 0.3) is 0 Å². The minimum absolute atomic E-state index is 0.0839. The van der Waals surface area contributed by atoms with Gasteiger partial charge in [-0.2, -0.15) is 0 Å². The lowest BCUT2D eigenvalue weighted by Crippen LogP contribution is -2.33. The van der Waals surface area contributed by atoms with E-state index < -0.39 is 17.8 Å². The summed E-state index contributed by atoms with van der Waals surface area (Å²) in [6, 6.07) is 2.24. The van der Waals surface area contributed by atoms with Crippen LogP contribution in [0.2, 0.25) is 0 Å². The van der Waals surface area contributed by atoms with Crippen molar-refractivity contribution in [2.24, 2.45) is 0 Å². The molecule has 0 spiro atoms. The van der Waals surface area contributed by atoms with Crippen LogP contribution < -0.4 is 10.6 Å². The van der Waals surface area contributed by atoms with E-state index >= 15 is 0 Å². The van der Waals surface area contributed by atoms with Crippen molar-refractivity contribution in [3.05, 3.63) is 29.6 Å². The zero-order valence-corrected chi connectivity index (χ0v) is 11.6. The molecular formula is C13H16FN3O4. The molecule has 0 fully saturated rings. The fraction of sp³-hybridized carbons (Fsp3) is 0.308. The molecule has 0 saturated heterocycles. The zero-order chi connectivity index (χ0) is 16.0. The molecule has 0 unspecified atom stereocenters. The van der Waals surface area contributed by atoms with Crippen LogP contribution in [-0.2, 0) is 4.79 Å². The van der Waals surface area contributed by atoms with Crippen molar-refractivity contribution in [2.45, 2.75) is 6.42 Å². The largest absolute Gasteiger partial charge is 0.478 e. The van der Waals surface area contributed by atoms with Crippen LogP contribution in [0.15, 0.2) is 18.2 Å². The van der Waals surface area contributed by atoms with E-state index in [4.69, 9.17) is 5.11 Å². The number of carbonyl (C=O) groups excluding carboxylic acids is 2. The average Bonchev–Trinajstić information content (AvgIpc) is 2.37. The van der Waals surface area contributed by atoms with E-state index in [2.05, 4.69) is 10.6 Å². The molecule has 3 N–H and O–H groups in total. The number of aromatic carboxylic acids is 1. The number of carboxylic acid groups (broad SMARTS) is 1. The summed E-state index contributed by atoms with van der Waals surface area (Å²) in [7, 11) is 3.18. The number of hydrogen-bond donors (Lipinski definition) is 3. The first-order valence-corrected chi connectivity index (χ1v) is 6.09. The molecule has 0 atom stereocenters. The predicted molar refractivity (Wildman–Crippen MR) is 73.7 cm³/mol. The molecule has 0 radical (unpaired) electrons. The molecule has 1 aromatic rings. The van der Waals surface area contributed by atoms with Gasteiger partial charge in [-0.3, -0.25) is 4.79 Å². The number of nitrogens with one attached hydrogen (secondary N) is 2. The Balaban J connectivity index is 2.61. The van der Waals surface area contributed by atoms with Gasteiger partial charge in [0, 0.05) is 27.1 Å². The maximum atomic E-state index is 13.1. The van der Waals surface area contributed by atoms with Crippen LogP contribution in [-0.4, -0.2) is 48.6 Å². The van der Waals surface area contributed by atoms with E-state index in [0.717, 1.165) is 18.2 Å². The molecule has 0 heterocycles. The van der Waals surface area contributed by atoms with Crippen LogP contribution in [0, 0.1) is 5.82 Å². The van der Waals surface area contributed by atoms with Gasteiger partial charge in [0.05, 0.1) is 11.3 Å². The van der Waals surface area contributed by atoms with Crippen LogP contribution >= 0.6 is 0 Å². The summed E-state index contributed by atoms with van der Waals surface area (Å²) in [6.45, 7) is 0.0839. The first-order chi connectivity index (χ1) is 9.81. The highest BCUT2D eigenvalue weighted by Crippen LogP contribution is 2.17. The highest BCUT2D eigenvalue weighted by Gasteiger charge is 2.13. The Morgan fingerprint density at radius 1 is 1.29 bits per heavy atom. The standard InChI is InChI=1S/C13H16FN3O4/c1-17(2)11(18)5-6-15-13(21)16-10-7-8(14)3-4-9(10)12(19)20/h3-4,7H,5-6H2,1-2H3,(H,19,20)(H2,15,16,21). The van der Waals surface area contributed by atoms with Crippen molar-refractivity contribution in [1.29, 1.82) is 0 Å². The van der Waals surface area contributed by atoms with Crippen molar-refractivity contribution in [1.82, 2.24) is 10.2 Å². The lowest BCUT2D eigenvalue weighted by Gasteiger charge is -2.12. The van der Waals surface area contributed by atoms with Crippen molar-refractivity contribution >= 4 is 23.6 Å². The molecule has 0 bridgehead atoms. The second-order valence-electron chi connectivity index (χ2n) is 4.41. The van der Waals surface area contributed by atoms with E-state index in [9.17, 15) is 18.8 Å². The lowest BCUT2D eigenvalue weighted by atomic mass is 10.2. The summed E-state index contributed by atoms with van der Waals surface area (Å²) in [4.78, 5) is 35.2. The average molecular weight is 297 g/mol. The third-order valence-electron chi connectivity index (χ3n) is 2.58. The molecular weight excluding hydrogens is 281 g/mol. The number of benzene rings is 1. The minimum Gasteiger partial charge on any atom is -0.478 e. The smallest absolute Gasteiger partial charge is 0.337 e. The zero-order valence-electron chi connectivity index (χ0n) is 11.6. The second kappa shape index (κ2) is 7.22. The van der Waals surface area contributed by atoms with Gasteiger partial charge >= 0.3 is 12.0 Å². The molecule has 0 aliphatic heterocycles. The van der Waals surface area contributed by atoms with Crippen LogP contribution in [0.1, 0.15) is 16.8 Å². The number of nitrogens with zero attached hydrogens (tertiary/aromatic N) is 1. The summed E-state index contributed by atoms with van der Waals surface area (Å²) < 4.78 is 13.1. The number of halogens is 1. The van der Waals surface area contributed by atoms with Gasteiger partial charge in [0.1, 0.15) is 5.82 Å². The molecule has 21 heavy (non-hydrogen) atoms. The van der Waals surface area contributed by atoms with E-state index in [0.29, 0.717) is 0 Å². The van der Waals surface area contributed by atoms with Crippen molar-refractivity contribution in [2.75, 3.05) is 26.0 Å². The molecule has 1 rings (SSSR count). The Morgan fingerprint density at radius 3 is 2.52 bits per heavy atom. The maximum Gasteiger partial charge on any atom is 0.337 e. The monoisotopic (exact) mass is 297 g/mol. The number of urea groups is 1. The molecule has 0 saturated carbocycles. The number of hydrogen-bond acceptors (Lipinski definition) is 3. The van der Waals surface area contributed by atoms with E-state index in [1.165, 1.54) is 4.90 Å². The minimum atomic E-state index is -1.28.